The molecule has 1 saturated carbocycles. The molecule has 0 spiro atoms. The van der Waals surface area contributed by atoms with Crippen molar-refractivity contribution in [2.75, 3.05) is 23.9 Å². The number of hydrogen-bond acceptors (Lipinski definition) is 4. The zero-order valence-electron chi connectivity index (χ0n) is 18.2. The van der Waals surface area contributed by atoms with E-state index in [1.54, 1.807) is 30.2 Å². The largest absolute Gasteiger partial charge is 0.494 e. The van der Waals surface area contributed by atoms with Crippen LogP contribution in [0.3, 0.4) is 0 Å². The van der Waals surface area contributed by atoms with E-state index in [0.29, 0.717) is 30.1 Å². The van der Waals surface area contributed by atoms with Gasteiger partial charge in [0.15, 0.2) is 0 Å². The number of carbonyl (C=O) groups excluding carboxylic acids is 3. The average molecular weight is 416 g/mol. The Kier molecular flexibility index (Phi) is 7.34. The molecular formula is C23H33N3O4. The van der Waals surface area contributed by atoms with Crippen molar-refractivity contribution in [2.24, 2.45) is 11.8 Å². The summed E-state index contributed by atoms with van der Waals surface area (Å²) < 4.78 is 5.47. The topological polar surface area (TPSA) is 87.7 Å². The Hall–Kier alpha value is -2.57. The standard InChI is InChI=1S/C23H33N3O4/c1-15(2)21(25-22(28)16-8-5-4-6-9-16)23(29)24-17-11-12-18(19(14-17)30-3)26-13-7-10-20(26)27/h11-12,14-16,21H,4-10,13H2,1-3H3,(H,24,29)(H,25,28)/t21-/m0/s1. The molecule has 0 bridgehead atoms. The van der Waals surface area contributed by atoms with E-state index in [9.17, 15) is 14.4 Å². The van der Waals surface area contributed by atoms with E-state index in [0.717, 1.165) is 32.1 Å². The maximum absolute atomic E-state index is 12.9. The van der Waals surface area contributed by atoms with Gasteiger partial charge in [0.05, 0.1) is 12.8 Å². The Balaban J connectivity index is 1.69. The zero-order chi connectivity index (χ0) is 21.7. The molecule has 2 N–H and O–H groups in total. The maximum atomic E-state index is 12.9. The van der Waals surface area contributed by atoms with Crippen molar-refractivity contribution in [3.8, 4) is 5.75 Å². The molecule has 3 rings (SSSR count). The lowest BCUT2D eigenvalue weighted by Gasteiger charge is -2.26. The van der Waals surface area contributed by atoms with Crippen molar-refractivity contribution in [2.45, 2.75) is 64.8 Å². The van der Waals surface area contributed by atoms with E-state index in [1.165, 1.54) is 6.42 Å². The van der Waals surface area contributed by atoms with Crippen molar-refractivity contribution in [1.82, 2.24) is 5.32 Å². The van der Waals surface area contributed by atoms with E-state index in [1.807, 2.05) is 13.8 Å². The summed E-state index contributed by atoms with van der Waals surface area (Å²) in [6.45, 7) is 4.52. The van der Waals surface area contributed by atoms with Crippen LogP contribution in [0.2, 0.25) is 0 Å². The van der Waals surface area contributed by atoms with E-state index < -0.39 is 6.04 Å². The van der Waals surface area contributed by atoms with E-state index in [-0.39, 0.29) is 29.6 Å². The second-order valence-corrected chi connectivity index (χ2v) is 8.59. The number of amides is 3. The van der Waals surface area contributed by atoms with Gasteiger partial charge in [-0.2, -0.15) is 0 Å². The summed E-state index contributed by atoms with van der Waals surface area (Å²) in [5.74, 6) is 0.308. The van der Waals surface area contributed by atoms with Crippen molar-refractivity contribution >= 4 is 29.1 Å². The van der Waals surface area contributed by atoms with Gasteiger partial charge in [-0.1, -0.05) is 33.1 Å². The molecule has 0 radical (unpaired) electrons. The van der Waals surface area contributed by atoms with Crippen LogP contribution in [0, 0.1) is 11.8 Å². The molecule has 30 heavy (non-hydrogen) atoms. The Labute approximate surface area is 178 Å². The first kappa shape index (κ1) is 22.1. The number of methoxy groups -OCH3 is 1. The number of nitrogens with one attached hydrogen (secondary N) is 2. The Morgan fingerprint density at radius 2 is 1.87 bits per heavy atom. The number of rotatable bonds is 7. The highest BCUT2D eigenvalue weighted by Gasteiger charge is 2.29. The lowest BCUT2D eigenvalue weighted by Crippen LogP contribution is -2.49. The van der Waals surface area contributed by atoms with Gasteiger partial charge in [0, 0.05) is 30.6 Å². The highest BCUT2D eigenvalue weighted by atomic mass is 16.5. The zero-order valence-corrected chi connectivity index (χ0v) is 18.2. The molecule has 2 fully saturated rings. The van der Waals surface area contributed by atoms with E-state index in [4.69, 9.17) is 4.74 Å². The van der Waals surface area contributed by atoms with Gasteiger partial charge in [0.25, 0.3) is 0 Å². The third kappa shape index (κ3) is 5.12. The van der Waals surface area contributed by atoms with Crippen LogP contribution in [0.25, 0.3) is 0 Å². The first-order valence-corrected chi connectivity index (χ1v) is 11.0. The summed E-state index contributed by atoms with van der Waals surface area (Å²) in [5.41, 5.74) is 1.29. The number of hydrogen-bond donors (Lipinski definition) is 2. The second kappa shape index (κ2) is 9.96. The molecule has 3 amide bonds. The van der Waals surface area contributed by atoms with Crippen molar-refractivity contribution < 1.29 is 19.1 Å². The summed E-state index contributed by atoms with van der Waals surface area (Å²) in [4.78, 5) is 39.4. The van der Waals surface area contributed by atoms with E-state index >= 15 is 0 Å². The molecule has 0 unspecified atom stereocenters. The lowest BCUT2D eigenvalue weighted by molar-refractivity contribution is -0.130. The number of carbonyl (C=O) groups is 3. The highest BCUT2D eigenvalue weighted by molar-refractivity contribution is 5.99. The molecule has 0 aromatic heterocycles. The SMILES string of the molecule is COc1cc(NC(=O)[C@@H](NC(=O)C2CCCCC2)C(C)C)ccc1N1CCCC1=O. The third-order valence-corrected chi connectivity index (χ3v) is 6.03. The van der Waals surface area contributed by atoms with Gasteiger partial charge < -0.3 is 20.3 Å². The van der Waals surface area contributed by atoms with Gasteiger partial charge in [-0.05, 0) is 37.3 Å². The summed E-state index contributed by atoms with van der Waals surface area (Å²) in [5, 5.41) is 5.86. The molecule has 1 saturated heterocycles. The van der Waals surface area contributed by atoms with Crippen molar-refractivity contribution in [3.63, 3.8) is 0 Å². The number of ether oxygens (including phenoxy) is 1. The molecule has 1 aliphatic carbocycles. The van der Waals surface area contributed by atoms with Crippen LogP contribution in [0.15, 0.2) is 18.2 Å². The monoisotopic (exact) mass is 415 g/mol. The summed E-state index contributed by atoms with van der Waals surface area (Å²) in [6, 6.07) is 4.68. The molecule has 2 aliphatic rings. The second-order valence-electron chi connectivity index (χ2n) is 8.59. The van der Waals surface area contributed by atoms with Gasteiger partial charge >= 0.3 is 0 Å². The summed E-state index contributed by atoms with van der Waals surface area (Å²) in [7, 11) is 1.55. The minimum atomic E-state index is -0.606. The molecule has 7 nitrogen and oxygen atoms in total. The number of anilines is 2. The highest BCUT2D eigenvalue weighted by Crippen LogP contribution is 2.34. The summed E-state index contributed by atoms with van der Waals surface area (Å²) in [6.07, 6.45) is 6.48. The predicted octanol–water partition coefficient (Wildman–Crippen LogP) is 3.48. The van der Waals surface area contributed by atoms with Crippen LogP contribution in [-0.4, -0.2) is 37.4 Å². The van der Waals surface area contributed by atoms with Gasteiger partial charge in [0.2, 0.25) is 17.7 Å². The van der Waals surface area contributed by atoms with Crippen LogP contribution in [-0.2, 0) is 14.4 Å². The van der Waals surface area contributed by atoms with Crippen LogP contribution < -0.4 is 20.3 Å². The van der Waals surface area contributed by atoms with Gasteiger partial charge in [0.1, 0.15) is 11.8 Å². The Bertz CT molecular complexity index is 787. The molecule has 1 aromatic rings. The number of benzene rings is 1. The third-order valence-electron chi connectivity index (χ3n) is 6.03. The molecule has 1 aliphatic heterocycles. The fraction of sp³-hybridized carbons (Fsp3) is 0.609. The smallest absolute Gasteiger partial charge is 0.247 e. The molecule has 1 atom stereocenters. The van der Waals surface area contributed by atoms with Crippen LogP contribution in [0.5, 0.6) is 5.75 Å². The van der Waals surface area contributed by atoms with Crippen LogP contribution >= 0.6 is 0 Å². The number of nitrogens with zero attached hydrogens (tertiary/aromatic N) is 1. The van der Waals surface area contributed by atoms with Gasteiger partial charge in [-0.3, -0.25) is 14.4 Å². The maximum Gasteiger partial charge on any atom is 0.247 e. The normalized spacial score (nSPS) is 18.4. The molecule has 1 heterocycles. The molecular weight excluding hydrogens is 382 g/mol. The first-order chi connectivity index (χ1) is 14.4. The molecule has 1 aromatic carbocycles. The van der Waals surface area contributed by atoms with Gasteiger partial charge in [-0.25, -0.2) is 0 Å². The predicted molar refractivity (Wildman–Crippen MR) is 117 cm³/mol. The fourth-order valence-electron chi connectivity index (χ4n) is 4.27. The first-order valence-electron chi connectivity index (χ1n) is 11.0. The quantitative estimate of drug-likeness (QED) is 0.714. The van der Waals surface area contributed by atoms with Crippen molar-refractivity contribution in [3.05, 3.63) is 18.2 Å². The van der Waals surface area contributed by atoms with Gasteiger partial charge in [-0.15, -0.1) is 0 Å². The van der Waals surface area contributed by atoms with E-state index in [2.05, 4.69) is 10.6 Å². The van der Waals surface area contributed by atoms with Crippen LogP contribution in [0.4, 0.5) is 11.4 Å². The minimum Gasteiger partial charge on any atom is -0.494 e. The fourth-order valence-corrected chi connectivity index (χ4v) is 4.27. The summed E-state index contributed by atoms with van der Waals surface area (Å²) >= 11 is 0. The Morgan fingerprint density at radius 1 is 1.13 bits per heavy atom. The van der Waals surface area contributed by atoms with Crippen LogP contribution in [0.1, 0.15) is 58.8 Å². The lowest BCUT2D eigenvalue weighted by atomic mass is 9.88. The van der Waals surface area contributed by atoms with Crippen molar-refractivity contribution in [1.29, 1.82) is 0 Å². The minimum absolute atomic E-state index is 0.00479. The average Bonchev–Trinajstić information content (AvgIpc) is 3.17. The molecule has 164 valence electrons. The molecule has 7 heteroatoms. The Morgan fingerprint density at radius 3 is 2.47 bits per heavy atom.